The van der Waals surface area contributed by atoms with E-state index in [1.54, 1.807) is 6.92 Å². The number of carbonyl (C=O) groups is 3. The normalized spacial score (nSPS) is 11.3. The van der Waals surface area contributed by atoms with Crippen LogP contribution in [0.25, 0.3) is 0 Å². The topological polar surface area (TPSA) is 105 Å². The van der Waals surface area contributed by atoms with E-state index in [0.717, 1.165) is 5.56 Å². The van der Waals surface area contributed by atoms with Crippen molar-refractivity contribution in [3.05, 3.63) is 35.9 Å². The van der Waals surface area contributed by atoms with Crippen LogP contribution in [0.4, 0.5) is 4.79 Å². The summed E-state index contributed by atoms with van der Waals surface area (Å²) in [6.45, 7) is 2.06. The summed E-state index contributed by atoms with van der Waals surface area (Å²) >= 11 is 0. The van der Waals surface area contributed by atoms with Crippen LogP contribution in [0.1, 0.15) is 31.7 Å². The van der Waals surface area contributed by atoms with E-state index in [1.165, 1.54) is 0 Å². The third kappa shape index (κ3) is 8.45. The molecule has 0 fully saturated rings. The Morgan fingerprint density at radius 2 is 1.87 bits per heavy atom. The van der Waals surface area contributed by atoms with Crippen LogP contribution in [0.2, 0.25) is 0 Å². The molecule has 0 bridgehead atoms. The lowest BCUT2D eigenvalue weighted by molar-refractivity contribution is -0.137. The molecule has 7 nitrogen and oxygen atoms in total. The first kappa shape index (κ1) is 18.5. The fourth-order valence-corrected chi connectivity index (χ4v) is 1.77. The van der Waals surface area contributed by atoms with Gasteiger partial charge in [0.25, 0.3) is 0 Å². The number of ether oxygens (including phenoxy) is 1. The van der Waals surface area contributed by atoms with Crippen LogP contribution < -0.4 is 10.6 Å². The van der Waals surface area contributed by atoms with Gasteiger partial charge in [-0.2, -0.15) is 0 Å². The Bertz CT molecular complexity index is 518. The third-order valence-electron chi connectivity index (χ3n) is 3.06. The summed E-state index contributed by atoms with van der Waals surface area (Å²) in [5, 5.41) is 13.6. The summed E-state index contributed by atoms with van der Waals surface area (Å²) in [5.41, 5.74) is 0.859. The van der Waals surface area contributed by atoms with Gasteiger partial charge < -0.3 is 20.5 Å². The van der Waals surface area contributed by atoms with Crippen LogP contribution in [0.3, 0.4) is 0 Å². The summed E-state index contributed by atoms with van der Waals surface area (Å²) in [5.74, 6) is -1.19. The van der Waals surface area contributed by atoms with Crippen LogP contribution in [0.15, 0.2) is 30.3 Å². The fourth-order valence-electron chi connectivity index (χ4n) is 1.77. The zero-order valence-corrected chi connectivity index (χ0v) is 13.1. The standard InChI is InChI=1S/C16H22N2O5/c1-12(15(21)17-10-6-5-9-14(19)20)18-16(22)23-11-13-7-3-2-4-8-13/h2-4,7-8,12H,5-6,9-11H2,1H3,(H,17,21)(H,18,22)(H,19,20). The molecule has 0 saturated heterocycles. The number of alkyl carbamates (subject to hydrolysis) is 1. The highest BCUT2D eigenvalue weighted by Gasteiger charge is 2.15. The van der Waals surface area contributed by atoms with E-state index in [4.69, 9.17) is 9.84 Å². The van der Waals surface area contributed by atoms with Crippen LogP contribution in [-0.2, 0) is 20.9 Å². The van der Waals surface area contributed by atoms with E-state index in [-0.39, 0.29) is 18.9 Å². The number of unbranched alkanes of at least 4 members (excludes halogenated alkanes) is 1. The van der Waals surface area contributed by atoms with Gasteiger partial charge in [0.1, 0.15) is 12.6 Å². The minimum atomic E-state index is -0.854. The summed E-state index contributed by atoms with van der Waals surface area (Å²) in [6, 6.07) is 8.50. The molecule has 1 atom stereocenters. The number of nitrogens with one attached hydrogen (secondary N) is 2. The van der Waals surface area contributed by atoms with E-state index in [9.17, 15) is 14.4 Å². The first-order valence-corrected chi connectivity index (χ1v) is 7.45. The van der Waals surface area contributed by atoms with E-state index in [0.29, 0.717) is 19.4 Å². The molecule has 0 radical (unpaired) electrons. The van der Waals surface area contributed by atoms with Crippen LogP contribution >= 0.6 is 0 Å². The van der Waals surface area contributed by atoms with Gasteiger partial charge in [-0.1, -0.05) is 30.3 Å². The van der Waals surface area contributed by atoms with E-state index < -0.39 is 18.1 Å². The van der Waals surface area contributed by atoms with Crippen molar-refractivity contribution in [1.82, 2.24) is 10.6 Å². The molecule has 1 rings (SSSR count). The summed E-state index contributed by atoms with van der Waals surface area (Å²) in [7, 11) is 0. The van der Waals surface area contributed by atoms with Gasteiger partial charge in [-0.15, -0.1) is 0 Å². The molecule has 0 spiro atoms. The number of hydrogen-bond acceptors (Lipinski definition) is 4. The fraction of sp³-hybridized carbons (Fsp3) is 0.438. The summed E-state index contributed by atoms with van der Waals surface area (Å²) < 4.78 is 5.02. The minimum absolute atomic E-state index is 0.0789. The van der Waals surface area contributed by atoms with Crippen molar-refractivity contribution in [3.63, 3.8) is 0 Å². The molecule has 1 aromatic rings. The number of aliphatic carboxylic acids is 1. The van der Waals surface area contributed by atoms with Crippen molar-refractivity contribution < 1.29 is 24.2 Å². The maximum atomic E-state index is 11.8. The highest BCUT2D eigenvalue weighted by molar-refractivity contribution is 5.85. The van der Waals surface area contributed by atoms with Crippen molar-refractivity contribution in [2.24, 2.45) is 0 Å². The Kier molecular flexibility index (Phi) is 8.20. The molecule has 0 heterocycles. The van der Waals surface area contributed by atoms with Crippen LogP contribution in [0.5, 0.6) is 0 Å². The molecule has 1 aromatic carbocycles. The van der Waals surface area contributed by atoms with Gasteiger partial charge in [-0.25, -0.2) is 4.79 Å². The van der Waals surface area contributed by atoms with E-state index in [2.05, 4.69) is 10.6 Å². The van der Waals surface area contributed by atoms with Crippen molar-refractivity contribution in [3.8, 4) is 0 Å². The van der Waals surface area contributed by atoms with Crippen molar-refractivity contribution in [2.75, 3.05) is 6.54 Å². The Morgan fingerprint density at radius 3 is 2.52 bits per heavy atom. The smallest absolute Gasteiger partial charge is 0.408 e. The molecule has 23 heavy (non-hydrogen) atoms. The zero-order chi connectivity index (χ0) is 17.1. The lowest BCUT2D eigenvalue weighted by Crippen LogP contribution is -2.45. The lowest BCUT2D eigenvalue weighted by atomic mass is 10.2. The number of carboxylic acid groups (broad SMARTS) is 1. The molecule has 7 heteroatoms. The highest BCUT2D eigenvalue weighted by atomic mass is 16.5. The van der Waals surface area contributed by atoms with E-state index in [1.807, 2.05) is 30.3 Å². The number of benzene rings is 1. The van der Waals surface area contributed by atoms with Gasteiger partial charge >= 0.3 is 12.1 Å². The largest absolute Gasteiger partial charge is 0.481 e. The molecule has 0 aromatic heterocycles. The molecule has 2 amide bonds. The van der Waals surface area contributed by atoms with Crippen molar-refractivity contribution in [1.29, 1.82) is 0 Å². The number of carbonyl (C=O) groups excluding carboxylic acids is 2. The monoisotopic (exact) mass is 322 g/mol. The predicted octanol–water partition coefficient (Wildman–Crippen LogP) is 1.67. The molecule has 1 unspecified atom stereocenters. The SMILES string of the molecule is CC(NC(=O)OCc1ccccc1)C(=O)NCCCCC(=O)O. The molecule has 0 aliphatic rings. The quantitative estimate of drug-likeness (QED) is 0.600. The summed E-state index contributed by atoms with van der Waals surface area (Å²) in [6.07, 6.45) is 0.484. The Labute approximate surface area is 135 Å². The predicted molar refractivity (Wildman–Crippen MR) is 83.7 cm³/mol. The molecular weight excluding hydrogens is 300 g/mol. The van der Waals surface area contributed by atoms with Gasteiger partial charge in [-0.05, 0) is 25.3 Å². The van der Waals surface area contributed by atoms with Crippen molar-refractivity contribution >= 4 is 18.0 Å². The second-order valence-electron chi connectivity index (χ2n) is 5.07. The first-order valence-electron chi connectivity index (χ1n) is 7.45. The van der Waals surface area contributed by atoms with Gasteiger partial charge in [0.2, 0.25) is 5.91 Å². The van der Waals surface area contributed by atoms with Crippen molar-refractivity contribution in [2.45, 2.75) is 38.8 Å². The average molecular weight is 322 g/mol. The zero-order valence-electron chi connectivity index (χ0n) is 13.1. The average Bonchev–Trinajstić information content (AvgIpc) is 2.53. The number of rotatable bonds is 9. The van der Waals surface area contributed by atoms with Gasteiger partial charge in [0.05, 0.1) is 0 Å². The molecular formula is C16H22N2O5. The number of hydrogen-bond donors (Lipinski definition) is 3. The number of carboxylic acids is 1. The highest BCUT2D eigenvalue weighted by Crippen LogP contribution is 2.00. The third-order valence-corrected chi connectivity index (χ3v) is 3.06. The van der Waals surface area contributed by atoms with Crippen LogP contribution in [0, 0.1) is 0 Å². The minimum Gasteiger partial charge on any atom is -0.481 e. The maximum Gasteiger partial charge on any atom is 0.408 e. The van der Waals surface area contributed by atoms with E-state index >= 15 is 0 Å². The number of amides is 2. The summed E-state index contributed by atoms with van der Waals surface area (Å²) in [4.78, 5) is 33.7. The molecule has 0 aliphatic heterocycles. The molecule has 3 N–H and O–H groups in total. The second-order valence-corrected chi connectivity index (χ2v) is 5.07. The maximum absolute atomic E-state index is 11.8. The molecule has 126 valence electrons. The second kappa shape index (κ2) is 10.2. The molecule has 0 saturated carbocycles. The Hall–Kier alpha value is -2.57. The van der Waals surface area contributed by atoms with Gasteiger partial charge in [0.15, 0.2) is 0 Å². The molecule has 0 aliphatic carbocycles. The lowest BCUT2D eigenvalue weighted by Gasteiger charge is -2.14. The van der Waals surface area contributed by atoms with Gasteiger partial charge in [0, 0.05) is 13.0 Å². The van der Waals surface area contributed by atoms with Gasteiger partial charge in [-0.3, -0.25) is 9.59 Å². The first-order chi connectivity index (χ1) is 11.0. The Morgan fingerprint density at radius 1 is 1.17 bits per heavy atom. The van der Waals surface area contributed by atoms with Crippen LogP contribution in [-0.4, -0.2) is 35.7 Å². The Balaban J connectivity index is 2.18.